The van der Waals surface area contributed by atoms with Gasteiger partial charge in [0.05, 0.1) is 6.04 Å². The molecular weight excluding hydrogens is 272 g/mol. The molecule has 2 aromatic rings. The van der Waals surface area contributed by atoms with E-state index < -0.39 is 0 Å². The summed E-state index contributed by atoms with van der Waals surface area (Å²) in [6.45, 7) is 7.37. The lowest BCUT2D eigenvalue weighted by Gasteiger charge is -2.28. The molecule has 0 aliphatic carbocycles. The molecule has 116 valence electrons. The summed E-state index contributed by atoms with van der Waals surface area (Å²) in [4.78, 5) is 11.0. The van der Waals surface area contributed by atoms with Crippen molar-refractivity contribution < 1.29 is 0 Å². The van der Waals surface area contributed by atoms with Gasteiger partial charge in [-0.1, -0.05) is 29.8 Å². The standard InChI is InChI=1S/C18H24N4/c1-14-5-7-16(8-6-14)17(22-9-3-4-10-22)12-19-18-11-15(2)20-13-21-18/h5-8,11,13,17H,3-4,9-10,12H2,1-2H3,(H,19,20,21). The van der Waals surface area contributed by atoms with E-state index in [-0.39, 0.29) is 0 Å². The molecule has 3 rings (SSSR count). The number of hydrogen-bond donors (Lipinski definition) is 1. The van der Waals surface area contributed by atoms with Crippen LogP contribution in [0.1, 0.15) is 35.7 Å². The molecule has 1 aromatic heterocycles. The second-order valence-corrected chi connectivity index (χ2v) is 6.10. The van der Waals surface area contributed by atoms with Crippen LogP contribution in [0, 0.1) is 13.8 Å². The van der Waals surface area contributed by atoms with Crippen LogP contribution in [0.2, 0.25) is 0 Å². The monoisotopic (exact) mass is 296 g/mol. The summed E-state index contributed by atoms with van der Waals surface area (Å²) in [5.74, 6) is 0.906. The number of aryl methyl sites for hydroxylation is 2. The number of nitrogens with zero attached hydrogens (tertiary/aromatic N) is 3. The van der Waals surface area contributed by atoms with Crippen LogP contribution in [0.15, 0.2) is 36.7 Å². The van der Waals surface area contributed by atoms with E-state index in [4.69, 9.17) is 0 Å². The van der Waals surface area contributed by atoms with E-state index in [9.17, 15) is 0 Å². The quantitative estimate of drug-likeness (QED) is 0.918. The number of anilines is 1. The van der Waals surface area contributed by atoms with Gasteiger partial charge < -0.3 is 5.32 Å². The predicted molar refractivity (Wildman–Crippen MR) is 90.0 cm³/mol. The molecule has 1 fully saturated rings. The molecule has 0 radical (unpaired) electrons. The molecule has 0 saturated carbocycles. The van der Waals surface area contributed by atoms with Gasteiger partial charge in [0.25, 0.3) is 0 Å². The fraction of sp³-hybridized carbons (Fsp3) is 0.444. The lowest BCUT2D eigenvalue weighted by Crippen LogP contribution is -2.31. The minimum atomic E-state index is 0.401. The Kier molecular flexibility index (Phi) is 4.68. The molecule has 2 heterocycles. The smallest absolute Gasteiger partial charge is 0.129 e. The van der Waals surface area contributed by atoms with Crippen molar-refractivity contribution in [2.75, 3.05) is 25.0 Å². The van der Waals surface area contributed by atoms with Crippen LogP contribution >= 0.6 is 0 Å². The third-order valence-corrected chi connectivity index (χ3v) is 4.32. The number of likely N-dealkylation sites (tertiary alicyclic amines) is 1. The second-order valence-electron chi connectivity index (χ2n) is 6.10. The van der Waals surface area contributed by atoms with Gasteiger partial charge in [-0.15, -0.1) is 0 Å². The van der Waals surface area contributed by atoms with E-state index in [1.165, 1.54) is 37.1 Å². The summed E-state index contributed by atoms with van der Waals surface area (Å²) in [5, 5.41) is 3.48. The third kappa shape index (κ3) is 3.63. The van der Waals surface area contributed by atoms with Gasteiger partial charge in [-0.3, -0.25) is 4.90 Å². The maximum atomic E-state index is 4.31. The maximum Gasteiger partial charge on any atom is 0.129 e. The molecule has 1 aliphatic rings. The topological polar surface area (TPSA) is 41.1 Å². The molecule has 1 aliphatic heterocycles. The molecule has 0 amide bonds. The number of nitrogens with one attached hydrogen (secondary N) is 1. The summed E-state index contributed by atoms with van der Waals surface area (Å²) >= 11 is 0. The van der Waals surface area contributed by atoms with Gasteiger partial charge in [-0.2, -0.15) is 0 Å². The lowest BCUT2D eigenvalue weighted by molar-refractivity contribution is 0.256. The Labute approximate surface area is 132 Å². The van der Waals surface area contributed by atoms with E-state index >= 15 is 0 Å². The van der Waals surface area contributed by atoms with E-state index in [2.05, 4.69) is 51.4 Å². The molecule has 1 unspecified atom stereocenters. The highest BCUT2D eigenvalue weighted by atomic mass is 15.2. The summed E-state index contributed by atoms with van der Waals surface area (Å²) in [6.07, 6.45) is 4.22. The first-order chi connectivity index (χ1) is 10.7. The van der Waals surface area contributed by atoms with Gasteiger partial charge in [0.15, 0.2) is 0 Å². The van der Waals surface area contributed by atoms with Crippen LogP contribution in [-0.2, 0) is 0 Å². The minimum absolute atomic E-state index is 0.401. The number of benzene rings is 1. The third-order valence-electron chi connectivity index (χ3n) is 4.32. The Balaban J connectivity index is 1.75. The van der Waals surface area contributed by atoms with Crippen molar-refractivity contribution in [3.63, 3.8) is 0 Å². The molecule has 1 atom stereocenters. The molecule has 0 spiro atoms. The molecular formula is C18H24N4. The number of rotatable bonds is 5. The zero-order chi connectivity index (χ0) is 15.4. The summed E-state index contributed by atoms with van der Waals surface area (Å²) in [5.41, 5.74) is 3.68. The van der Waals surface area contributed by atoms with Crippen molar-refractivity contribution in [1.82, 2.24) is 14.9 Å². The van der Waals surface area contributed by atoms with Gasteiger partial charge >= 0.3 is 0 Å². The average Bonchev–Trinajstić information content (AvgIpc) is 3.03. The molecule has 1 N–H and O–H groups in total. The zero-order valence-electron chi connectivity index (χ0n) is 13.4. The highest BCUT2D eigenvalue weighted by molar-refractivity contribution is 5.35. The Hall–Kier alpha value is -1.94. The normalized spacial score (nSPS) is 16.6. The lowest BCUT2D eigenvalue weighted by atomic mass is 10.0. The fourth-order valence-corrected chi connectivity index (χ4v) is 3.05. The minimum Gasteiger partial charge on any atom is -0.368 e. The molecule has 1 aromatic carbocycles. The number of aromatic nitrogens is 2. The van der Waals surface area contributed by atoms with Gasteiger partial charge in [-0.05, 0) is 45.3 Å². The van der Waals surface area contributed by atoms with Crippen molar-refractivity contribution in [2.45, 2.75) is 32.7 Å². The Bertz CT molecular complexity index is 603. The van der Waals surface area contributed by atoms with Gasteiger partial charge in [0.2, 0.25) is 0 Å². The molecule has 0 bridgehead atoms. The van der Waals surface area contributed by atoms with E-state index in [0.29, 0.717) is 6.04 Å². The maximum absolute atomic E-state index is 4.31. The largest absolute Gasteiger partial charge is 0.368 e. The van der Waals surface area contributed by atoms with E-state index in [1.54, 1.807) is 6.33 Å². The highest BCUT2D eigenvalue weighted by Crippen LogP contribution is 2.25. The molecule has 22 heavy (non-hydrogen) atoms. The average molecular weight is 296 g/mol. The van der Waals surface area contributed by atoms with Crippen LogP contribution in [0.3, 0.4) is 0 Å². The van der Waals surface area contributed by atoms with Crippen LogP contribution in [-0.4, -0.2) is 34.5 Å². The fourth-order valence-electron chi connectivity index (χ4n) is 3.05. The molecule has 1 saturated heterocycles. The second kappa shape index (κ2) is 6.88. The first kappa shape index (κ1) is 15.0. The highest BCUT2D eigenvalue weighted by Gasteiger charge is 2.23. The van der Waals surface area contributed by atoms with E-state index in [1.807, 2.05) is 13.0 Å². The van der Waals surface area contributed by atoms with Crippen molar-refractivity contribution in [3.05, 3.63) is 53.5 Å². The van der Waals surface area contributed by atoms with Crippen LogP contribution in [0.25, 0.3) is 0 Å². The van der Waals surface area contributed by atoms with Crippen molar-refractivity contribution >= 4 is 5.82 Å². The Morgan fingerprint density at radius 1 is 1.09 bits per heavy atom. The zero-order valence-corrected chi connectivity index (χ0v) is 13.4. The van der Waals surface area contributed by atoms with Crippen molar-refractivity contribution in [1.29, 1.82) is 0 Å². The van der Waals surface area contributed by atoms with Gasteiger partial charge in [0, 0.05) is 18.3 Å². The summed E-state index contributed by atoms with van der Waals surface area (Å²) in [6, 6.07) is 11.3. The van der Waals surface area contributed by atoms with Crippen molar-refractivity contribution in [3.8, 4) is 0 Å². The molecule has 4 heteroatoms. The molecule has 4 nitrogen and oxygen atoms in total. The van der Waals surface area contributed by atoms with Gasteiger partial charge in [-0.25, -0.2) is 9.97 Å². The van der Waals surface area contributed by atoms with Crippen LogP contribution in [0.5, 0.6) is 0 Å². The Morgan fingerprint density at radius 2 is 1.82 bits per heavy atom. The Morgan fingerprint density at radius 3 is 2.50 bits per heavy atom. The van der Waals surface area contributed by atoms with Gasteiger partial charge in [0.1, 0.15) is 12.1 Å². The van der Waals surface area contributed by atoms with E-state index in [0.717, 1.165) is 18.1 Å². The summed E-state index contributed by atoms with van der Waals surface area (Å²) < 4.78 is 0. The first-order valence-corrected chi connectivity index (χ1v) is 8.05. The van der Waals surface area contributed by atoms with Crippen molar-refractivity contribution in [2.24, 2.45) is 0 Å². The SMILES string of the molecule is Cc1ccc(C(CNc2cc(C)ncn2)N2CCCC2)cc1. The predicted octanol–water partition coefficient (Wildman–Crippen LogP) is 3.34. The summed E-state index contributed by atoms with van der Waals surface area (Å²) in [7, 11) is 0. The number of hydrogen-bond acceptors (Lipinski definition) is 4. The van der Waals surface area contributed by atoms with Crippen LogP contribution < -0.4 is 5.32 Å². The van der Waals surface area contributed by atoms with Crippen LogP contribution in [0.4, 0.5) is 5.82 Å². The first-order valence-electron chi connectivity index (χ1n) is 8.05.